The molecular weight excluding hydrogens is 470 g/mol. The summed E-state index contributed by atoms with van der Waals surface area (Å²) in [6.07, 6.45) is 33.6. The van der Waals surface area contributed by atoms with Gasteiger partial charge in [0.1, 0.15) is 5.78 Å². The van der Waals surface area contributed by atoms with Crippen LogP contribution in [-0.2, 0) is 14.4 Å². The van der Waals surface area contributed by atoms with Crippen LogP contribution in [-0.4, -0.2) is 17.5 Å². The first-order valence-corrected chi connectivity index (χ1v) is 16.9. The molecule has 1 atom stereocenters. The number of carbonyl (C=O) groups is 3. The van der Waals surface area contributed by atoms with Gasteiger partial charge in [-0.25, -0.2) is 0 Å². The smallest absolute Gasteiger partial charge is 0.285 e. The Morgan fingerprint density at radius 3 is 1.05 bits per heavy atom. The van der Waals surface area contributed by atoms with Crippen molar-refractivity contribution in [2.45, 2.75) is 194 Å². The number of primary amides is 1. The van der Waals surface area contributed by atoms with Crippen LogP contribution in [0.3, 0.4) is 0 Å². The van der Waals surface area contributed by atoms with Gasteiger partial charge in [-0.15, -0.1) is 0 Å². The van der Waals surface area contributed by atoms with Crippen LogP contribution in [0.25, 0.3) is 0 Å². The molecule has 0 aliphatic carbocycles. The molecule has 38 heavy (non-hydrogen) atoms. The third-order valence-electron chi connectivity index (χ3n) is 8.07. The maximum atomic E-state index is 12.7. The summed E-state index contributed by atoms with van der Waals surface area (Å²) in [7, 11) is 0. The van der Waals surface area contributed by atoms with E-state index < -0.39 is 17.6 Å². The molecule has 2 N–H and O–H groups in total. The number of Topliss-reactive ketones (excluding diaryl/α,β-unsaturated/α-hetero) is 2. The third kappa shape index (κ3) is 23.9. The van der Waals surface area contributed by atoms with E-state index in [-0.39, 0.29) is 5.78 Å². The molecule has 0 radical (unpaired) electrons. The van der Waals surface area contributed by atoms with Crippen molar-refractivity contribution in [1.82, 2.24) is 0 Å². The predicted octanol–water partition coefficient (Wildman–Crippen LogP) is 10.2. The lowest BCUT2D eigenvalue weighted by atomic mass is 9.89. The van der Waals surface area contributed by atoms with Crippen LogP contribution < -0.4 is 5.73 Å². The van der Waals surface area contributed by atoms with Gasteiger partial charge in [0.2, 0.25) is 5.78 Å². The molecule has 0 fully saturated rings. The minimum absolute atomic E-state index is 0.0733. The Labute approximate surface area is 237 Å². The van der Waals surface area contributed by atoms with E-state index in [4.69, 9.17) is 5.73 Å². The molecule has 1 unspecified atom stereocenters. The van der Waals surface area contributed by atoms with Crippen LogP contribution in [0.15, 0.2) is 0 Å². The van der Waals surface area contributed by atoms with Gasteiger partial charge in [-0.2, -0.15) is 0 Å². The highest BCUT2D eigenvalue weighted by Crippen LogP contribution is 2.19. The fourth-order valence-electron chi connectivity index (χ4n) is 5.47. The standard InChI is InChI=1S/C34H65NO3/c1-3-5-7-9-11-13-15-17-19-21-23-25-27-29-31(33(37)34(35)38)32(36)30-28-26-24-22-20-18-16-14-12-10-8-6-4-2/h31H,3-30H2,1-2H3,(H2,35,38). The predicted molar refractivity (Wildman–Crippen MR) is 163 cm³/mol. The van der Waals surface area contributed by atoms with Gasteiger partial charge in [0.15, 0.2) is 0 Å². The van der Waals surface area contributed by atoms with Crippen molar-refractivity contribution >= 4 is 17.5 Å². The lowest BCUT2D eigenvalue weighted by Gasteiger charge is -2.13. The van der Waals surface area contributed by atoms with E-state index in [1.807, 2.05) is 0 Å². The topological polar surface area (TPSA) is 77.2 Å². The van der Waals surface area contributed by atoms with Crippen LogP contribution in [0.1, 0.15) is 194 Å². The number of unbranched alkanes of at least 4 members (excludes halogenated alkanes) is 24. The van der Waals surface area contributed by atoms with Gasteiger partial charge >= 0.3 is 0 Å². The summed E-state index contributed by atoms with van der Waals surface area (Å²) in [6.45, 7) is 4.52. The van der Waals surface area contributed by atoms with E-state index in [0.29, 0.717) is 12.8 Å². The highest BCUT2D eigenvalue weighted by molar-refractivity contribution is 6.40. The van der Waals surface area contributed by atoms with Crippen molar-refractivity contribution < 1.29 is 14.4 Å². The quantitative estimate of drug-likeness (QED) is 0.0545. The lowest BCUT2D eigenvalue weighted by Crippen LogP contribution is -2.34. The molecule has 224 valence electrons. The monoisotopic (exact) mass is 535 g/mol. The van der Waals surface area contributed by atoms with Crippen LogP contribution in [0.5, 0.6) is 0 Å². The molecule has 0 aliphatic heterocycles. The van der Waals surface area contributed by atoms with Gasteiger partial charge in [0, 0.05) is 6.42 Å². The number of rotatable bonds is 31. The van der Waals surface area contributed by atoms with Crippen LogP contribution in [0.2, 0.25) is 0 Å². The highest BCUT2D eigenvalue weighted by atomic mass is 16.2. The number of amides is 1. The zero-order valence-corrected chi connectivity index (χ0v) is 25.7. The maximum Gasteiger partial charge on any atom is 0.285 e. The number of carbonyl (C=O) groups excluding carboxylic acids is 3. The molecule has 0 aromatic carbocycles. The summed E-state index contributed by atoms with van der Waals surface area (Å²) in [5, 5.41) is 0. The van der Waals surface area contributed by atoms with Crippen molar-refractivity contribution in [3.05, 3.63) is 0 Å². The first kappa shape index (κ1) is 36.8. The zero-order valence-electron chi connectivity index (χ0n) is 25.7. The summed E-state index contributed by atoms with van der Waals surface area (Å²) in [5.41, 5.74) is 5.25. The summed E-state index contributed by atoms with van der Waals surface area (Å²) < 4.78 is 0. The molecule has 4 heteroatoms. The largest absolute Gasteiger partial charge is 0.363 e. The fraction of sp³-hybridized carbons (Fsp3) is 0.912. The summed E-state index contributed by atoms with van der Waals surface area (Å²) in [4.78, 5) is 36.5. The van der Waals surface area contributed by atoms with Crippen LogP contribution in [0, 0.1) is 5.92 Å². The van der Waals surface area contributed by atoms with Crippen molar-refractivity contribution in [3.8, 4) is 0 Å². The summed E-state index contributed by atoms with van der Waals surface area (Å²) in [6, 6.07) is 0. The van der Waals surface area contributed by atoms with E-state index in [1.54, 1.807) is 0 Å². The highest BCUT2D eigenvalue weighted by Gasteiger charge is 2.28. The second kappa shape index (κ2) is 28.8. The Morgan fingerprint density at radius 1 is 0.447 bits per heavy atom. The minimum Gasteiger partial charge on any atom is -0.363 e. The molecule has 0 aromatic rings. The average Bonchev–Trinajstić information content (AvgIpc) is 2.91. The second-order valence-electron chi connectivity index (χ2n) is 11.8. The van der Waals surface area contributed by atoms with Gasteiger partial charge in [-0.3, -0.25) is 14.4 Å². The van der Waals surface area contributed by atoms with Gasteiger partial charge in [-0.05, 0) is 12.8 Å². The number of hydrogen-bond donors (Lipinski definition) is 1. The SMILES string of the molecule is CCCCCCCCCCCCCCCC(=O)C(CCCCCCCCCCCCCCC)C(=O)C(N)=O. The molecule has 0 saturated carbocycles. The fourth-order valence-corrected chi connectivity index (χ4v) is 5.47. The van der Waals surface area contributed by atoms with Crippen LogP contribution >= 0.6 is 0 Å². The molecular formula is C34H65NO3. The van der Waals surface area contributed by atoms with Crippen molar-refractivity contribution in [1.29, 1.82) is 0 Å². The van der Waals surface area contributed by atoms with Gasteiger partial charge in [-0.1, -0.05) is 174 Å². The Balaban J connectivity index is 3.82. The van der Waals surface area contributed by atoms with E-state index in [0.717, 1.165) is 38.5 Å². The second-order valence-corrected chi connectivity index (χ2v) is 11.8. The Kier molecular flexibility index (Phi) is 27.9. The van der Waals surface area contributed by atoms with Gasteiger partial charge < -0.3 is 5.73 Å². The first-order chi connectivity index (χ1) is 18.5. The number of nitrogens with two attached hydrogens (primary N) is 1. The molecule has 4 nitrogen and oxygen atoms in total. The number of ketones is 2. The molecule has 0 aromatic heterocycles. The molecule has 0 heterocycles. The Bertz CT molecular complexity index is 560. The molecule has 1 amide bonds. The van der Waals surface area contributed by atoms with E-state index in [2.05, 4.69) is 13.8 Å². The summed E-state index contributed by atoms with van der Waals surface area (Å²) in [5.74, 6) is -2.51. The lowest BCUT2D eigenvalue weighted by molar-refractivity contribution is -0.142. The van der Waals surface area contributed by atoms with E-state index in [1.165, 1.54) is 128 Å². The van der Waals surface area contributed by atoms with Crippen molar-refractivity contribution in [3.63, 3.8) is 0 Å². The maximum absolute atomic E-state index is 12.7. The van der Waals surface area contributed by atoms with E-state index >= 15 is 0 Å². The minimum atomic E-state index is -0.955. The van der Waals surface area contributed by atoms with Gasteiger partial charge in [0.05, 0.1) is 5.92 Å². The zero-order chi connectivity index (χ0) is 28.1. The van der Waals surface area contributed by atoms with Gasteiger partial charge in [0.25, 0.3) is 5.91 Å². The molecule has 0 aliphatic rings. The van der Waals surface area contributed by atoms with Crippen molar-refractivity contribution in [2.75, 3.05) is 0 Å². The first-order valence-electron chi connectivity index (χ1n) is 16.9. The Morgan fingerprint density at radius 2 is 0.737 bits per heavy atom. The normalized spacial score (nSPS) is 12.1. The third-order valence-corrected chi connectivity index (χ3v) is 8.07. The van der Waals surface area contributed by atoms with Crippen LogP contribution in [0.4, 0.5) is 0 Å². The van der Waals surface area contributed by atoms with Crippen molar-refractivity contribution in [2.24, 2.45) is 11.7 Å². The molecule has 0 saturated heterocycles. The molecule has 0 spiro atoms. The average molecular weight is 536 g/mol. The summed E-state index contributed by atoms with van der Waals surface area (Å²) >= 11 is 0. The Hall–Kier alpha value is -1.19. The van der Waals surface area contributed by atoms with E-state index in [9.17, 15) is 14.4 Å². The molecule has 0 rings (SSSR count). The number of hydrogen-bond acceptors (Lipinski definition) is 3. The molecule has 0 bridgehead atoms.